The number of fused-ring (bicyclic) bond motifs is 7. The number of allylic oxidation sites excluding steroid dienone is 6. The second-order valence-electron chi connectivity index (χ2n) is 11.2. The van der Waals surface area contributed by atoms with Gasteiger partial charge in [0.2, 0.25) is 0 Å². The van der Waals surface area contributed by atoms with Crippen LogP contribution >= 0.6 is 0 Å². The van der Waals surface area contributed by atoms with Crippen LogP contribution in [0.2, 0.25) is 0 Å². The minimum atomic E-state index is -1.86. The summed E-state index contributed by atoms with van der Waals surface area (Å²) < 4.78 is 30.4. The second kappa shape index (κ2) is 7.10. The highest BCUT2D eigenvalue weighted by atomic mass is 19.1. The number of carbonyl (C=O) groups excluding carboxylic acids is 1. The van der Waals surface area contributed by atoms with E-state index in [-0.39, 0.29) is 30.1 Å². The van der Waals surface area contributed by atoms with E-state index in [1.165, 1.54) is 6.08 Å². The van der Waals surface area contributed by atoms with Crippen LogP contribution in [0.5, 0.6) is 0 Å². The number of ether oxygens (including phenoxy) is 2. The lowest BCUT2D eigenvalue weighted by Crippen LogP contribution is -2.68. The van der Waals surface area contributed by atoms with Gasteiger partial charge in [-0.1, -0.05) is 43.9 Å². The van der Waals surface area contributed by atoms with Crippen LogP contribution in [-0.4, -0.2) is 40.7 Å². The molecule has 0 aromatic rings. The van der Waals surface area contributed by atoms with Gasteiger partial charge in [-0.2, -0.15) is 0 Å². The fourth-order valence-corrected chi connectivity index (χ4v) is 8.22. The third-order valence-electron chi connectivity index (χ3n) is 9.77. The number of ketones is 1. The molecule has 33 heavy (non-hydrogen) atoms. The Morgan fingerprint density at radius 2 is 2.03 bits per heavy atom. The third kappa shape index (κ3) is 2.59. The largest absolute Gasteiger partial charge is 0.390 e. The van der Waals surface area contributed by atoms with Gasteiger partial charge in [0.1, 0.15) is 5.60 Å². The fraction of sp³-hybridized carbons (Fsp3) is 0.607. The zero-order chi connectivity index (χ0) is 24.0. The van der Waals surface area contributed by atoms with Crippen molar-refractivity contribution in [2.45, 2.75) is 83.1 Å². The summed E-state index contributed by atoms with van der Waals surface area (Å²) in [5.74, 6) is -0.516. The van der Waals surface area contributed by atoms with Gasteiger partial charge in [0.25, 0.3) is 0 Å². The molecule has 0 radical (unpaired) electrons. The number of aliphatic hydroxyl groups excluding tert-OH is 1. The average molecular weight is 455 g/mol. The summed E-state index contributed by atoms with van der Waals surface area (Å²) in [5.41, 5.74) is -1.60. The summed E-state index contributed by atoms with van der Waals surface area (Å²) in [7, 11) is 0. The Bertz CT molecular complexity index is 1020. The highest BCUT2D eigenvalue weighted by Gasteiger charge is 2.77. The fourth-order valence-electron chi connectivity index (χ4n) is 8.22. The molecule has 1 N–H and O–H groups in total. The van der Waals surface area contributed by atoms with Gasteiger partial charge in [0.15, 0.2) is 17.7 Å². The summed E-state index contributed by atoms with van der Waals surface area (Å²) in [6.07, 6.45) is 8.50. The van der Waals surface area contributed by atoms with Gasteiger partial charge in [-0.25, -0.2) is 4.39 Å². The van der Waals surface area contributed by atoms with Crippen LogP contribution in [0.15, 0.2) is 60.3 Å². The maximum Gasteiger partial charge on any atom is 0.181 e. The topological polar surface area (TPSA) is 55.8 Å². The molecule has 9 atom stereocenters. The molecule has 1 aliphatic heterocycles. The highest BCUT2D eigenvalue weighted by molar-refractivity contribution is 6.01. The third-order valence-corrected chi connectivity index (χ3v) is 9.77. The molecule has 5 aliphatic rings. The van der Waals surface area contributed by atoms with Crippen LogP contribution in [0.1, 0.15) is 53.4 Å². The second-order valence-corrected chi connectivity index (χ2v) is 11.2. The van der Waals surface area contributed by atoms with Crippen molar-refractivity contribution in [2.75, 3.05) is 0 Å². The van der Waals surface area contributed by atoms with Gasteiger partial charge in [0, 0.05) is 16.7 Å². The van der Waals surface area contributed by atoms with Gasteiger partial charge in [-0.05, 0) is 75.7 Å². The number of aliphatic hydroxyl groups is 1. The predicted molar refractivity (Wildman–Crippen MR) is 125 cm³/mol. The molecule has 5 rings (SSSR count). The molecular formula is C28H35FO4. The number of halogens is 1. The van der Waals surface area contributed by atoms with E-state index in [0.717, 1.165) is 16.7 Å². The van der Waals surface area contributed by atoms with E-state index in [1.54, 1.807) is 18.2 Å². The number of carbonyl (C=O) groups is 1. The molecule has 0 unspecified atom stereocenters. The molecule has 0 aromatic heterocycles. The predicted octanol–water partition coefficient (Wildman–Crippen LogP) is 5.16. The van der Waals surface area contributed by atoms with Crippen LogP contribution in [0.25, 0.3) is 0 Å². The highest BCUT2D eigenvalue weighted by Crippen LogP contribution is 2.72. The van der Waals surface area contributed by atoms with Gasteiger partial charge >= 0.3 is 0 Å². The van der Waals surface area contributed by atoms with E-state index in [0.29, 0.717) is 19.3 Å². The minimum Gasteiger partial charge on any atom is -0.390 e. The molecule has 5 heteroatoms. The zero-order valence-electron chi connectivity index (χ0n) is 20.1. The summed E-state index contributed by atoms with van der Waals surface area (Å²) in [6.45, 7) is 16.0. The van der Waals surface area contributed by atoms with E-state index in [9.17, 15) is 9.90 Å². The maximum atomic E-state index is 17.3. The van der Waals surface area contributed by atoms with Gasteiger partial charge < -0.3 is 14.6 Å². The SMILES string of the molecule is C=C/C=C(\C)[C@H]1O[C@@H]2C[C@H]3[C@@H]4CCC5=CC(=O)C=C[C@]5(C)[C@@]4(F)[C@@H](O)C[C@]3(C)[C@]2(C(=C)C)O1. The Morgan fingerprint density at radius 1 is 1.30 bits per heavy atom. The first kappa shape index (κ1) is 22.9. The molecule has 4 aliphatic carbocycles. The van der Waals surface area contributed by atoms with Gasteiger partial charge in [-0.15, -0.1) is 0 Å². The van der Waals surface area contributed by atoms with Crippen molar-refractivity contribution >= 4 is 5.78 Å². The first-order valence-electron chi connectivity index (χ1n) is 12.1. The van der Waals surface area contributed by atoms with E-state index >= 15 is 4.39 Å². The maximum absolute atomic E-state index is 17.3. The first-order valence-corrected chi connectivity index (χ1v) is 12.1. The molecule has 0 bridgehead atoms. The van der Waals surface area contributed by atoms with Crippen molar-refractivity contribution in [2.24, 2.45) is 22.7 Å². The van der Waals surface area contributed by atoms with Crippen molar-refractivity contribution in [1.82, 2.24) is 0 Å². The van der Waals surface area contributed by atoms with Crippen LogP contribution in [0.3, 0.4) is 0 Å². The average Bonchev–Trinajstić information content (AvgIpc) is 3.24. The lowest BCUT2D eigenvalue weighted by molar-refractivity contribution is -0.222. The van der Waals surface area contributed by atoms with E-state index in [1.807, 2.05) is 26.8 Å². The first-order chi connectivity index (χ1) is 15.5. The Kier molecular flexibility index (Phi) is 4.93. The van der Waals surface area contributed by atoms with Crippen molar-refractivity contribution < 1.29 is 23.8 Å². The standard InChI is InChI=1S/C28H35FO4/c1-7-8-17(4)24-32-23-14-21-20-10-9-18-13-19(30)11-12-25(18,5)27(20,29)22(31)15-26(21,6)28(23,33-24)16(2)3/h7-8,11-13,20-24,31H,1-2,9-10,14-15H2,3-6H3/b17-8+/t20-,21-,22-,23+,24-,25-,26-,27-,28+/m0/s1. The van der Waals surface area contributed by atoms with Crippen LogP contribution in [-0.2, 0) is 14.3 Å². The smallest absolute Gasteiger partial charge is 0.181 e. The lowest BCUT2D eigenvalue weighted by Gasteiger charge is -2.63. The number of rotatable bonds is 3. The van der Waals surface area contributed by atoms with Gasteiger partial charge in [0.05, 0.1) is 12.2 Å². The molecule has 0 amide bonds. The molecular weight excluding hydrogens is 419 g/mol. The normalized spacial score (nSPS) is 50.7. The quantitative estimate of drug-likeness (QED) is 0.473. The van der Waals surface area contributed by atoms with E-state index in [4.69, 9.17) is 9.47 Å². The van der Waals surface area contributed by atoms with Crippen LogP contribution < -0.4 is 0 Å². The molecule has 1 saturated heterocycles. The summed E-state index contributed by atoms with van der Waals surface area (Å²) in [6, 6.07) is 0. The molecule has 0 spiro atoms. The molecule has 4 nitrogen and oxygen atoms in total. The van der Waals surface area contributed by atoms with Crippen molar-refractivity contribution in [3.8, 4) is 0 Å². The molecule has 178 valence electrons. The van der Waals surface area contributed by atoms with Crippen LogP contribution in [0.4, 0.5) is 4.39 Å². The molecule has 1 heterocycles. The Hall–Kier alpha value is -1.82. The lowest BCUT2D eigenvalue weighted by atomic mass is 9.44. The van der Waals surface area contributed by atoms with E-state index in [2.05, 4.69) is 20.1 Å². The Morgan fingerprint density at radius 3 is 2.70 bits per heavy atom. The number of hydrogen-bond donors (Lipinski definition) is 1. The molecule has 0 aromatic carbocycles. The molecule has 4 fully saturated rings. The monoisotopic (exact) mass is 454 g/mol. The summed E-state index contributed by atoms with van der Waals surface area (Å²) in [5, 5.41) is 11.5. The zero-order valence-corrected chi connectivity index (χ0v) is 20.1. The number of hydrogen-bond acceptors (Lipinski definition) is 4. The van der Waals surface area contributed by atoms with Crippen LogP contribution in [0, 0.1) is 22.7 Å². The Balaban J connectivity index is 1.59. The van der Waals surface area contributed by atoms with Crippen molar-refractivity contribution in [3.63, 3.8) is 0 Å². The summed E-state index contributed by atoms with van der Waals surface area (Å²) in [4.78, 5) is 12.0. The Labute approximate surface area is 195 Å². The van der Waals surface area contributed by atoms with Crippen molar-refractivity contribution in [3.05, 3.63) is 60.3 Å². The summed E-state index contributed by atoms with van der Waals surface area (Å²) >= 11 is 0. The molecule has 3 saturated carbocycles. The number of alkyl halides is 1. The minimum absolute atomic E-state index is 0.0401. The van der Waals surface area contributed by atoms with Gasteiger partial charge in [-0.3, -0.25) is 4.79 Å². The van der Waals surface area contributed by atoms with E-state index < -0.39 is 34.5 Å². The van der Waals surface area contributed by atoms with Crippen molar-refractivity contribution in [1.29, 1.82) is 0 Å².